The zero-order valence-corrected chi connectivity index (χ0v) is 22.8. The van der Waals surface area contributed by atoms with Gasteiger partial charge in [0.05, 0.1) is 0 Å². The van der Waals surface area contributed by atoms with Crippen LogP contribution in [0.25, 0.3) is 0 Å². The molecule has 1 aliphatic carbocycles. The zero-order valence-electron chi connectivity index (χ0n) is 18.9. The SMILES string of the molecule is C1=C[CH]([Pb]([c]2ccccc2)([c]2ccccc2)[c]2ccccc2)C=C1CCN1CCCCC1. The number of rotatable bonds is 7. The summed E-state index contributed by atoms with van der Waals surface area (Å²) in [4.78, 5) is 2.66. The van der Waals surface area contributed by atoms with Crippen LogP contribution in [0.2, 0.25) is 3.48 Å². The van der Waals surface area contributed by atoms with Gasteiger partial charge in [-0.15, -0.1) is 0 Å². The summed E-state index contributed by atoms with van der Waals surface area (Å²) in [6.07, 6.45) is 12.9. The number of nitrogens with zero attached hydrogens (tertiary/aromatic N) is 1. The van der Waals surface area contributed by atoms with Crippen molar-refractivity contribution in [3.05, 3.63) is 115 Å². The monoisotopic (exact) mass is 615 g/mol. The second-order valence-corrected chi connectivity index (χ2v) is 24.8. The normalized spacial score (nSPS) is 19.1. The Hall–Kier alpha value is -1.98. The average molecular weight is 615 g/mol. The summed E-state index contributed by atoms with van der Waals surface area (Å²) in [5, 5.41) is 0. The van der Waals surface area contributed by atoms with E-state index in [9.17, 15) is 0 Å². The summed E-state index contributed by atoms with van der Waals surface area (Å²) >= 11 is -3.50. The van der Waals surface area contributed by atoms with Gasteiger partial charge >= 0.3 is 199 Å². The molecule has 2 aliphatic rings. The minimum atomic E-state index is -3.50. The molecule has 0 aromatic heterocycles. The number of hydrogen-bond acceptors (Lipinski definition) is 1. The third-order valence-corrected chi connectivity index (χ3v) is 27.1. The van der Waals surface area contributed by atoms with E-state index in [1.807, 2.05) is 0 Å². The van der Waals surface area contributed by atoms with Gasteiger partial charge in [-0.1, -0.05) is 0 Å². The van der Waals surface area contributed by atoms with Gasteiger partial charge in [0.15, 0.2) is 0 Å². The third kappa shape index (κ3) is 4.42. The van der Waals surface area contributed by atoms with Gasteiger partial charge in [-0.25, -0.2) is 0 Å². The van der Waals surface area contributed by atoms with E-state index < -0.39 is 21.2 Å². The van der Waals surface area contributed by atoms with Crippen LogP contribution in [0.3, 0.4) is 0 Å². The number of hydrogen-bond donors (Lipinski definition) is 0. The van der Waals surface area contributed by atoms with Gasteiger partial charge in [-0.2, -0.15) is 0 Å². The number of allylic oxidation sites excluding steroid dienone is 3. The topological polar surface area (TPSA) is 3.24 Å². The molecule has 32 heavy (non-hydrogen) atoms. The van der Waals surface area contributed by atoms with Gasteiger partial charge in [-0.3, -0.25) is 0 Å². The molecule has 1 heterocycles. The fourth-order valence-corrected chi connectivity index (χ4v) is 25.7. The van der Waals surface area contributed by atoms with Crippen molar-refractivity contribution < 1.29 is 0 Å². The molecule has 3 aromatic carbocycles. The van der Waals surface area contributed by atoms with Crippen molar-refractivity contribution in [1.29, 1.82) is 0 Å². The van der Waals surface area contributed by atoms with E-state index in [1.165, 1.54) is 50.9 Å². The summed E-state index contributed by atoms with van der Waals surface area (Å²) in [5.74, 6) is 0. The molecule has 2 heteroatoms. The summed E-state index contributed by atoms with van der Waals surface area (Å²) < 4.78 is 5.22. The second-order valence-electron chi connectivity index (χ2n) is 9.18. The Kier molecular flexibility index (Phi) is 7.04. The van der Waals surface area contributed by atoms with Crippen LogP contribution in [0.1, 0.15) is 25.7 Å². The first-order chi connectivity index (χ1) is 15.9. The van der Waals surface area contributed by atoms with E-state index in [0.717, 1.165) is 0 Å². The number of benzene rings is 3. The Balaban J connectivity index is 1.56. The first-order valence-electron chi connectivity index (χ1n) is 12.2. The van der Waals surface area contributed by atoms with E-state index >= 15 is 0 Å². The molecule has 0 spiro atoms. The van der Waals surface area contributed by atoms with Crippen LogP contribution in [0, 0.1) is 0 Å². The molecule has 0 radical (unpaired) electrons. The Morgan fingerprint density at radius 1 is 0.656 bits per heavy atom. The van der Waals surface area contributed by atoms with Crippen molar-refractivity contribution >= 4 is 30.5 Å². The summed E-state index contributed by atoms with van der Waals surface area (Å²) in [6, 6.07) is 34.2. The van der Waals surface area contributed by atoms with Gasteiger partial charge in [0.25, 0.3) is 0 Å². The minimum absolute atomic E-state index is 0.506. The van der Waals surface area contributed by atoms with Crippen LogP contribution in [0.15, 0.2) is 115 Å². The maximum absolute atomic E-state index is 3.50. The number of likely N-dealkylation sites (tertiary alicyclic amines) is 1. The molecular weight excluding hydrogens is 582 g/mol. The van der Waals surface area contributed by atoms with Crippen LogP contribution >= 0.6 is 0 Å². The van der Waals surface area contributed by atoms with Crippen LogP contribution in [0.4, 0.5) is 0 Å². The van der Waals surface area contributed by atoms with Crippen molar-refractivity contribution in [3.63, 3.8) is 0 Å². The van der Waals surface area contributed by atoms with Crippen molar-refractivity contribution in [2.75, 3.05) is 19.6 Å². The van der Waals surface area contributed by atoms with Gasteiger partial charge in [0.1, 0.15) is 0 Å². The third-order valence-electron chi connectivity index (χ3n) is 7.26. The molecular formula is C30H33NPb. The molecule has 0 amide bonds. The fourth-order valence-electron chi connectivity index (χ4n) is 5.66. The number of piperidine rings is 1. The molecule has 1 nitrogen and oxygen atoms in total. The molecule has 5 rings (SSSR count). The van der Waals surface area contributed by atoms with Crippen molar-refractivity contribution in [1.82, 2.24) is 4.90 Å². The Labute approximate surface area is 198 Å². The standard InChI is InChI=1S/C12H18N.3C6H5.Pb/c1-4-9-13(10-5-1)11-8-12-6-2-3-7-12;3*1-2-4-6-5-3-1;/h2-3,6-7H,1,4-5,8-11H2;3*1-5H;. The van der Waals surface area contributed by atoms with Crippen molar-refractivity contribution in [3.8, 4) is 0 Å². The molecule has 1 saturated heterocycles. The van der Waals surface area contributed by atoms with Crippen molar-refractivity contribution in [2.24, 2.45) is 0 Å². The molecule has 1 atom stereocenters. The van der Waals surface area contributed by atoms with E-state index in [4.69, 9.17) is 0 Å². The van der Waals surface area contributed by atoms with Crippen molar-refractivity contribution in [2.45, 2.75) is 29.2 Å². The molecule has 1 unspecified atom stereocenters. The Morgan fingerprint density at radius 2 is 1.16 bits per heavy atom. The van der Waals surface area contributed by atoms with E-state index in [-0.39, 0.29) is 0 Å². The zero-order chi connectivity index (χ0) is 21.6. The van der Waals surface area contributed by atoms with Gasteiger partial charge in [-0.05, 0) is 0 Å². The van der Waals surface area contributed by atoms with Gasteiger partial charge < -0.3 is 0 Å². The Morgan fingerprint density at radius 3 is 1.66 bits per heavy atom. The van der Waals surface area contributed by atoms with E-state index in [0.29, 0.717) is 3.48 Å². The van der Waals surface area contributed by atoms with Crippen LogP contribution in [-0.4, -0.2) is 45.7 Å². The molecule has 162 valence electrons. The predicted octanol–water partition coefficient (Wildman–Crippen LogP) is 4.90. The second kappa shape index (κ2) is 10.3. The summed E-state index contributed by atoms with van der Waals surface area (Å²) in [5.41, 5.74) is 1.53. The molecule has 1 aliphatic heterocycles. The summed E-state index contributed by atoms with van der Waals surface area (Å²) in [7, 11) is 0. The summed E-state index contributed by atoms with van der Waals surface area (Å²) in [6.45, 7) is 3.76. The van der Waals surface area contributed by atoms with Crippen LogP contribution < -0.4 is 9.37 Å². The predicted molar refractivity (Wildman–Crippen MR) is 140 cm³/mol. The molecule has 1 fully saturated rings. The first-order valence-corrected chi connectivity index (χ1v) is 20.2. The Bertz CT molecular complexity index is 953. The fraction of sp³-hybridized carbons (Fsp3) is 0.267. The van der Waals surface area contributed by atoms with Gasteiger partial charge in [0.2, 0.25) is 0 Å². The van der Waals surface area contributed by atoms with Crippen LogP contribution in [0.5, 0.6) is 0 Å². The van der Waals surface area contributed by atoms with Crippen LogP contribution in [-0.2, 0) is 0 Å². The van der Waals surface area contributed by atoms with Gasteiger partial charge in [0, 0.05) is 0 Å². The molecule has 0 saturated carbocycles. The van der Waals surface area contributed by atoms with E-state index in [2.05, 4.69) is 114 Å². The molecule has 0 bridgehead atoms. The first kappa shape index (κ1) is 21.8. The average Bonchev–Trinajstić information content (AvgIpc) is 3.35. The molecule has 3 aromatic rings. The quantitative estimate of drug-likeness (QED) is 0.343. The molecule has 0 N–H and O–H groups in total. The van der Waals surface area contributed by atoms with E-state index in [1.54, 1.807) is 9.37 Å². The maximum atomic E-state index is 2.66.